The molecule has 2 aromatic carbocycles. The Hall–Kier alpha value is -2.53. The molecule has 0 unspecified atom stereocenters. The van der Waals surface area contributed by atoms with E-state index in [9.17, 15) is 4.79 Å². The van der Waals surface area contributed by atoms with Crippen LogP contribution in [0.15, 0.2) is 52.4 Å². The summed E-state index contributed by atoms with van der Waals surface area (Å²) in [6, 6.07) is 13.9. The first-order valence-corrected chi connectivity index (χ1v) is 8.98. The van der Waals surface area contributed by atoms with Crippen molar-refractivity contribution in [1.82, 2.24) is 14.5 Å². The summed E-state index contributed by atoms with van der Waals surface area (Å²) >= 11 is 1.48. The van der Waals surface area contributed by atoms with Crippen molar-refractivity contribution in [3.8, 4) is 5.69 Å². The van der Waals surface area contributed by atoms with Crippen LogP contribution in [0.3, 0.4) is 0 Å². The molecule has 5 heteroatoms. The highest BCUT2D eigenvalue weighted by atomic mass is 32.2. The van der Waals surface area contributed by atoms with Gasteiger partial charge in [-0.05, 0) is 43.4 Å². The number of hydrogen-bond acceptors (Lipinski definition) is 3. The highest BCUT2D eigenvalue weighted by Crippen LogP contribution is 2.26. The van der Waals surface area contributed by atoms with E-state index >= 15 is 0 Å². The Bertz CT molecular complexity index is 1140. The first-order chi connectivity index (χ1) is 11.6. The van der Waals surface area contributed by atoms with Crippen molar-refractivity contribution in [1.29, 1.82) is 0 Å². The molecular formula is C19H17N3OS. The third kappa shape index (κ3) is 2.08. The van der Waals surface area contributed by atoms with Gasteiger partial charge in [-0.2, -0.15) is 0 Å². The van der Waals surface area contributed by atoms with Crippen LogP contribution in [0.1, 0.15) is 11.1 Å². The van der Waals surface area contributed by atoms with E-state index in [0.717, 1.165) is 33.2 Å². The van der Waals surface area contributed by atoms with Crippen LogP contribution in [0.25, 0.3) is 27.6 Å². The van der Waals surface area contributed by atoms with Gasteiger partial charge in [0, 0.05) is 10.9 Å². The summed E-state index contributed by atoms with van der Waals surface area (Å²) in [5.74, 6) is 0. The first kappa shape index (κ1) is 15.0. The standard InChI is InChI=1S/C19H17N3OS/c1-11-7-6-10-15(12(11)2)22-18(23)17-16(21-19(22)24-3)13-8-4-5-9-14(13)20-17/h4-10,20H,1-3H3. The van der Waals surface area contributed by atoms with E-state index in [-0.39, 0.29) is 5.56 Å². The number of benzene rings is 2. The van der Waals surface area contributed by atoms with Crippen LogP contribution in [0.2, 0.25) is 0 Å². The van der Waals surface area contributed by atoms with Crippen LogP contribution >= 0.6 is 11.8 Å². The Morgan fingerprint density at radius 3 is 2.67 bits per heavy atom. The van der Waals surface area contributed by atoms with Crippen molar-refractivity contribution < 1.29 is 0 Å². The van der Waals surface area contributed by atoms with Gasteiger partial charge >= 0.3 is 0 Å². The predicted molar refractivity (Wildman–Crippen MR) is 100 cm³/mol. The van der Waals surface area contributed by atoms with Crippen LogP contribution in [-0.2, 0) is 0 Å². The second-order valence-corrected chi connectivity index (χ2v) is 6.63. The maximum atomic E-state index is 13.2. The topological polar surface area (TPSA) is 50.7 Å². The number of aromatic amines is 1. The SMILES string of the molecule is CSc1nc2c([nH]c3ccccc32)c(=O)n1-c1cccc(C)c1C. The number of para-hydroxylation sites is 1. The molecule has 4 nitrogen and oxygen atoms in total. The third-order valence-electron chi connectivity index (χ3n) is 4.49. The van der Waals surface area contributed by atoms with Gasteiger partial charge in [-0.15, -0.1) is 0 Å². The lowest BCUT2D eigenvalue weighted by atomic mass is 10.1. The molecule has 24 heavy (non-hydrogen) atoms. The second-order valence-electron chi connectivity index (χ2n) is 5.85. The van der Waals surface area contributed by atoms with Gasteiger partial charge in [-0.3, -0.25) is 9.36 Å². The van der Waals surface area contributed by atoms with Crippen LogP contribution in [0.4, 0.5) is 0 Å². The number of hydrogen-bond donors (Lipinski definition) is 1. The lowest BCUT2D eigenvalue weighted by Gasteiger charge is -2.14. The van der Waals surface area contributed by atoms with Crippen molar-refractivity contribution in [3.63, 3.8) is 0 Å². The number of H-pyrrole nitrogens is 1. The number of rotatable bonds is 2. The van der Waals surface area contributed by atoms with Gasteiger partial charge in [-0.25, -0.2) is 4.98 Å². The summed E-state index contributed by atoms with van der Waals surface area (Å²) < 4.78 is 1.71. The first-order valence-electron chi connectivity index (χ1n) is 7.76. The Labute approximate surface area is 143 Å². The van der Waals surface area contributed by atoms with E-state index in [1.165, 1.54) is 11.8 Å². The van der Waals surface area contributed by atoms with Crippen molar-refractivity contribution in [2.24, 2.45) is 0 Å². The molecule has 0 radical (unpaired) electrons. The third-order valence-corrected chi connectivity index (χ3v) is 5.13. The molecule has 0 saturated heterocycles. The number of aromatic nitrogens is 3. The van der Waals surface area contributed by atoms with Crippen molar-refractivity contribution in [3.05, 3.63) is 63.9 Å². The Kier molecular flexibility index (Phi) is 3.46. The van der Waals surface area contributed by atoms with E-state index in [0.29, 0.717) is 10.7 Å². The lowest BCUT2D eigenvalue weighted by Crippen LogP contribution is -2.22. The van der Waals surface area contributed by atoms with Gasteiger partial charge < -0.3 is 4.98 Å². The van der Waals surface area contributed by atoms with Gasteiger partial charge in [0.05, 0.1) is 5.69 Å². The highest BCUT2D eigenvalue weighted by molar-refractivity contribution is 7.98. The molecule has 0 amide bonds. The fraction of sp³-hybridized carbons (Fsp3) is 0.158. The number of aryl methyl sites for hydroxylation is 1. The zero-order valence-corrected chi connectivity index (χ0v) is 14.6. The fourth-order valence-corrected chi connectivity index (χ4v) is 3.62. The van der Waals surface area contributed by atoms with E-state index in [4.69, 9.17) is 4.98 Å². The minimum atomic E-state index is -0.0609. The molecule has 0 fully saturated rings. The summed E-state index contributed by atoms with van der Waals surface area (Å²) in [6.07, 6.45) is 1.95. The molecule has 120 valence electrons. The minimum absolute atomic E-state index is 0.0609. The van der Waals surface area contributed by atoms with E-state index < -0.39 is 0 Å². The van der Waals surface area contributed by atoms with Gasteiger partial charge in [0.15, 0.2) is 5.16 Å². The number of thioether (sulfide) groups is 1. The molecule has 0 spiro atoms. The van der Waals surface area contributed by atoms with Gasteiger partial charge in [0.1, 0.15) is 11.0 Å². The predicted octanol–water partition coefficient (Wildman–Crippen LogP) is 4.21. The van der Waals surface area contributed by atoms with Crippen LogP contribution in [0, 0.1) is 13.8 Å². The average molecular weight is 335 g/mol. The molecule has 2 heterocycles. The molecular weight excluding hydrogens is 318 g/mol. The highest BCUT2D eigenvalue weighted by Gasteiger charge is 2.17. The summed E-state index contributed by atoms with van der Waals surface area (Å²) in [7, 11) is 0. The molecule has 0 bridgehead atoms. The normalized spacial score (nSPS) is 11.5. The Morgan fingerprint density at radius 1 is 1.08 bits per heavy atom. The quantitative estimate of drug-likeness (QED) is 0.441. The average Bonchev–Trinajstić information content (AvgIpc) is 2.97. The largest absolute Gasteiger partial charge is 0.349 e. The number of nitrogens with one attached hydrogen (secondary N) is 1. The molecule has 4 aromatic rings. The van der Waals surface area contributed by atoms with Crippen LogP contribution in [0.5, 0.6) is 0 Å². The zero-order chi connectivity index (χ0) is 16.8. The molecule has 0 atom stereocenters. The lowest BCUT2D eigenvalue weighted by molar-refractivity contribution is 0.814. The summed E-state index contributed by atoms with van der Waals surface area (Å²) in [5.41, 5.74) is 5.29. The summed E-state index contributed by atoms with van der Waals surface area (Å²) in [6.45, 7) is 4.09. The maximum Gasteiger partial charge on any atom is 0.283 e. The molecule has 0 aliphatic rings. The molecule has 1 N–H and O–H groups in total. The van der Waals surface area contributed by atoms with Gasteiger partial charge in [-0.1, -0.05) is 42.1 Å². The monoisotopic (exact) mass is 335 g/mol. The molecule has 4 rings (SSSR count). The molecule has 0 aliphatic carbocycles. The van der Waals surface area contributed by atoms with Crippen LogP contribution in [-0.4, -0.2) is 20.8 Å². The van der Waals surface area contributed by atoms with Crippen molar-refractivity contribution in [2.45, 2.75) is 19.0 Å². The van der Waals surface area contributed by atoms with E-state index in [1.807, 2.05) is 49.6 Å². The minimum Gasteiger partial charge on any atom is -0.349 e. The smallest absolute Gasteiger partial charge is 0.283 e. The Balaban J connectivity index is 2.16. The number of fused-ring (bicyclic) bond motifs is 3. The van der Waals surface area contributed by atoms with E-state index in [2.05, 4.69) is 18.0 Å². The summed E-state index contributed by atoms with van der Waals surface area (Å²) in [4.78, 5) is 21.2. The second kappa shape index (κ2) is 5.53. The van der Waals surface area contributed by atoms with Gasteiger partial charge in [0.2, 0.25) is 0 Å². The van der Waals surface area contributed by atoms with Crippen molar-refractivity contribution >= 4 is 33.7 Å². The van der Waals surface area contributed by atoms with Crippen LogP contribution < -0.4 is 5.56 Å². The van der Waals surface area contributed by atoms with Gasteiger partial charge in [0.25, 0.3) is 5.56 Å². The molecule has 0 aliphatic heterocycles. The van der Waals surface area contributed by atoms with Crippen molar-refractivity contribution in [2.75, 3.05) is 6.26 Å². The fourth-order valence-electron chi connectivity index (χ4n) is 3.07. The molecule has 2 aromatic heterocycles. The number of nitrogens with zero attached hydrogens (tertiary/aromatic N) is 2. The zero-order valence-electron chi connectivity index (χ0n) is 13.8. The Morgan fingerprint density at radius 2 is 1.88 bits per heavy atom. The summed E-state index contributed by atoms with van der Waals surface area (Å²) in [5, 5.41) is 1.68. The van der Waals surface area contributed by atoms with E-state index in [1.54, 1.807) is 4.57 Å². The molecule has 0 saturated carbocycles. The maximum absolute atomic E-state index is 13.2.